The molecule has 0 aromatic rings. The zero-order valence-electron chi connectivity index (χ0n) is 12.8. The van der Waals surface area contributed by atoms with Crippen LogP contribution < -0.4 is 0 Å². The summed E-state index contributed by atoms with van der Waals surface area (Å²) in [5, 5.41) is 0. The number of carbonyl (C=O) groups excluding carboxylic acids is 1. The highest BCUT2D eigenvalue weighted by molar-refractivity contribution is 5.59. The van der Waals surface area contributed by atoms with E-state index < -0.39 is 6.16 Å². The molecular formula is C13H26O8. The average molecular weight is 310 g/mol. The van der Waals surface area contributed by atoms with Crippen LogP contribution in [0.15, 0.2) is 0 Å². The van der Waals surface area contributed by atoms with Gasteiger partial charge in [-0.3, -0.25) is 0 Å². The molecule has 0 rings (SSSR count). The number of carbonyl (C=O) groups is 1. The summed E-state index contributed by atoms with van der Waals surface area (Å²) in [7, 11) is 2.89. The van der Waals surface area contributed by atoms with Gasteiger partial charge in [-0.2, -0.15) is 0 Å². The molecule has 126 valence electrons. The molecule has 0 saturated heterocycles. The summed E-state index contributed by atoms with van der Waals surface area (Å²) in [6.07, 6.45) is -0.710. The third-order valence-electron chi connectivity index (χ3n) is 2.16. The second-order valence-electron chi connectivity index (χ2n) is 3.74. The Morgan fingerprint density at radius 2 is 1.00 bits per heavy atom. The Kier molecular flexibility index (Phi) is 16.4. The van der Waals surface area contributed by atoms with Crippen LogP contribution in [0.1, 0.15) is 0 Å². The van der Waals surface area contributed by atoms with Crippen molar-refractivity contribution in [1.29, 1.82) is 0 Å². The second kappa shape index (κ2) is 17.1. The SMILES string of the molecule is COCCOCCOCCOCCOCCOC(=O)OC. The maximum atomic E-state index is 10.6. The summed E-state index contributed by atoms with van der Waals surface area (Å²) in [6.45, 7) is 4.64. The van der Waals surface area contributed by atoms with Crippen molar-refractivity contribution in [3.05, 3.63) is 0 Å². The lowest BCUT2D eigenvalue weighted by Gasteiger charge is -2.07. The van der Waals surface area contributed by atoms with Gasteiger partial charge in [0.2, 0.25) is 0 Å². The van der Waals surface area contributed by atoms with Crippen molar-refractivity contribution >= 4 is 6.16 Å². The lowest BCUT2D eigenvalue weighted by molar-refractivity contribution is -0.0136. The first-order chi connectivity index (χ1) is 10.3. The van der Waals surface area contributed by atoms with E-state index in [1.54, 1.807) is 7.11 Å². The zero-order chi connectivity index (χ0) is 15.6. The van der Waals surface area contributed by atoms with Gasteiger partial charge >= 0.3 is 6.16 Å². The van der Waals surface area contributed by atoms with Gasteiger partial charge in [0.1, 0.15) is 6.61 Å². The standard InChI is InChI=1S/C13H26O8/c1-15-3-4-17-5-6-18-7-8-19-9-10-20-11-12-21-13(14)16-2/h3-12H2,1-2H3. The van der Waals surface area contributed by atoms with Crippen molar-refractivity contribution in [2.75, 3.05) is 80.3 Å². The first-order valence-electron chi connectivity index (χ1n) is 6.82. The van der Waals surface area contributed by atoms with E-state index in [-0.39, 0.29) is 6.61 Å². The molecule has 8 heteroatoms. The molecule has 0 aromatic carbocycles. The molecule has 8 nitrogen and oxygen atoms in total. The predicted molar refractivity (Wildman–Crippen MR) is 73.5 cm³/mol. The predicted octanol–water partition coefficient (Wildman–Crippen LogP) is 0.482. The molecular weight excluding hydrogens is 284 g/mol. The minimum atomic E-state index is -0.710. The van der Waals surface area contributed by atoms with E-state index in [4.69, 9.17) is 23.7 Å². The highest BCUT2D eigenvalue weighted by Gasteiger charge is 1.98. The molecule has 0 saturated carbocycles. The Labute approximate surface area is 125 Å². The number of rotatable bonds is 15. The van der Waals surface area contributed by atoms with Crippen molar-refractivity contribution in [1.82, 2.24) is 0 Å². The van der Waals surface area contributed by atoms with Crippen molar-refractivity contribution < 1.29 is 38.0 Å². The van der Waals surface area contributed by atoms with Crippen LogP contribution in [-0.4, -0.2) is 86.4 Å². The first-order valence-corrected chi connectivity index (χ1v) is 6.82. The molecule has 0 amide bonds. The Morgan fingerprint density at radius 3 is 1.38 bits per heavy atom. The lowest BCUT2D eigenvalue weighted by atomic mass is 10.7. The van der Waals surface area contributed by atoms with Crippen LogP contribution >= 0.6 is 0 Å². The Hall–Kier alpha value is -0.930. The van der Waals surface area contributed by atoms with E-state index in [1.807, 2.05) is 0 Å². The van der Waals surface area contributed by atoms with E-state index in [9.17, 15) is 4.79 Å². The van der Waals surface area contributed by atoms with Gasteiger partial charge in [-0.15, -0.1) is 0 Å². The summed E-state index contributed by atoms with van der Waals surface area (Å²) in [6, 6.07) is 0. The Morgan fingerprint density at radius 1 is 0.619 bits per heavy atom. The molecule has 0 atom stereocenters. The van der Waals surface area contributed by atoms with Gasteiger partial charge in [0.25, 0.3) is 0 Å². The molecule has 0 aliphatic rings. The van der Waals surface area contributed by atoms with E-state index in [1.165, 1.54) is 7.11 Å². The van der Waals surface area contributed by atoms with Crippen molar-refractivity contribution in [2.24, 2.45) is 0 Å². The van der Waals surface area contributed by atoms with E-state index in [2.05, 4.69) is 9.47 Å². The molecule has 0 fully saturated rings. The number of hydrogen-bond acceptors (Lipinski definition) is 8. The quantitative estimate of drug-likeness (QED) is 0.319. The lowest BCUT2D eigenvalue weighted by Crippen LogP contribution is -2.14. The summed E-state index contributed by atoms with van der Waals surface area (Å²) in [5.74, 6) is 0. The van der Waals surface area contributed by atoms with Crippen LogP contribution in [-0.2, 0) is 33.2 Å². The topological polar surface area (TPSA) is 81.7 Å². The molecule has 0 aromatic heterocycles. The minimum Gasteiger partial charge on any atom is -0.438 e. The van der Waals surface area contributed by atoms with Gasteiger partial charge in [-0.25, -0.2) is 4.79 Å². The normalized spacial score (nSPS) is 10.6. The minimum absolute atomic E-state index is 0.166. The van der Waals surface area contributed by atoms with Gasteiger partial charge < -0.3 is 33.2 Å². The molecule has 0 unspecified atom stereocenters. The zero-order valence-corrected chi connectivity index (χ0v) is 12.8. The maximum Gasteiger partial charge on any atom is 0.508 e. The fraction of sp³-hybridized carbons (Fsp3) is 0.923. The van der Waals surface area contributed by atoms with Gasteiger partial charge in [0.05, 0.1) is 66.6 Å². The fourth-order valence-electron chi connectivity index (χ4n) is 1.15. The van der Waals surface area contributed by atoms with Crippen LogP contribution in [0.3, 0.4) is 0 Å². The van der Waals surface area contributed by atoms with Gasteiger partial charge in [-0.05, 0) is 0 Å². The number of hydrogen-bond donors (Lipinski definition) is 0. The van der Waals surface area contributed by atoms with Crippen LogP contribution in [0, 0.1) is 0 Å². The third kappa shape index (κ3) is 17.0. The highest BCUT2D eigenvalue weighted by Crippen LogP contribution is 1.85. The van der Waals surface area contributed by atoms with Crippen LogP contribution in [0.2, 0.25) is 0 Å². The smallest absolute Gasteiger partial charge is 0.438 e. The summed E-state index contributed by atoms with van der Waals surface area (Å²) >= 11 is 0. The number of methoxy groups -OCH3 is 2. The molecule has 0 N–H and O–H groups in total. The van der Waals surface area contributed by atoms with Crippen molar-refractivity contribution in [3.63, 3.8) is 0 Å². The van der Waals surface area contributed by atoms with E-state index in [0.29, 0.717) is 59.5 Å². The van der Waals surface area contributed by atoms with Gasteiger partial charge in [0.15, 0.2) is 0 Å². The Balaban J connectivity index is 2.98. The monoisotopic (exact) mass is 310 g/mol. The summed E-state index contributed by atoms with van der Waals surface area (Å²) in [4.78, 5) is 10.6. The largest absolute Gasteiger partial charge is 0.508 e. The second-order valence-corrected chi connectivity index (χ2v) is 3.74. The van der Waals surface area contributed by atoms with Crippen LogP contribution in [0.25, 0.3) is 0 Å². The van der Waals surface area contributed by atoms with E-state index >= 15 is 0 Å². The fourth-order valence-corrected chi connectivity index (χ4v) is 1.15. The maximum absolute atomic E-state index is 10.6. The first kappa shape index (κ1) is 20.1. The van der Waals surface area contributed by atoms with Crippen molar-refractivity contribution in [3.8, 4) is 0 Å². The van der Waals surface area contributed by atoms with Crippen LogP contribution in [0.4, 0.5) is 4.79 Å². The van der Waals surface area contributed by atoms with E-state index in [0.717, 1.165) is 0 Å². The molecule has 0 aliphatic carbocycles. The summed E-state index contributed by atoms with van der Waals surface area (Å²) < 4.78 is 34.8. The van der Waals surface area contributed by atoms with Gasteiger partial charge in [-0.1, -0.05) is 0 Å². The molecule has 0 aliphatic heterocycles. The molecule has 0 heterocycles. The average Bonchev–Trinajstić information content (AvgIpc) is 2.50. The third-order valence-corrected chi connectivity index (χ3v) is 2.16. The Bertz CT molecular complexity index is 224. The summed E-state index contributed by atoms with van der Waals surface area (Å²) in [5.41, 5.74) is 0. The van der Waals surface area contributed by atoms with Gasteiger partial charge in [0, 0.05) is 7.11 Å². The molecule has 0 radical (unpaired) electrons. The highest BCUT2D eigenvalue weighted by atomic mass is 16.7. The molecule has 21 heavy (non-hydrogen) atoms. The van der Waals surface area contributed by atoms with Crippen LogP contribution in [0.5, 0.6) is 0 Å². The number of ether oxygens (including phenoxy) is 7. The molecule has 0 spiro atoms. The molecule has 0 bridgehead atoms. The van der Waals surface area contributed by atoms with Crippen molar-refractivity contribution in [2.45, 2.75) is 0 Å².